The molecule has 0 aliphatic carbocycles. The van der Waals surface area contributed by atoms with Crippen LogP contribution in [-0.2, 0) is 11.3 Å². The monoisotopic (exact) mass is 352 g/mol. The fourth-order valence-corrected chi connectivity index (χ4v) is 2.78. The number of para-hydroxylation sites is 1. The van der Waals surface area contributed by atoms with Gasteiger partial charge in [-0.1, -0.05) is 12.1 Å². The molecule has 0 atom stereocenters. The minimum Gasteiger partial charge on any atom is -0.454 e. The van der Waals surface area contributed by atoms with Crippen molar-refractivity contribution >= 4 is 16.9 Å². The second kappa shape index (κ2) is 6.87. The van der Waals surface area contributed by atoms with Gasteiger partial charge in [0.05, 0.1) is 17.2 Å². The maximum atomic E-state index is 12.4. The van der Waals surface area contributed by atoms with Crippen LogP contribution in [-0.4, -0.2) is 22.3 Å². The van der Waals surface area contributed by atoms with E-state index in [1.165, 1.54) is 10.9 Å². The number of aromatic nitrogens is 2. The third-order valence-corrected chi connectivity index (χ3v) is 4.09. The number of carbonyl (C=O) groups is 1. The van der Waals surface area contributed by atoms with Crippen LogP contribution in [0.15, 0.2) is 53.6 Å². The van der Waals surface area contributed by atoms with Gasteiger partial charge < -0.3 is 14.2 Å². The van der Waals surface area contributed by atoms with E-state index in [0.29, 0.717) is 41.1 Å². The van der Waals surface area contributed by atoms with Gasteiger partial charge in [-0.15, -0.1) is 0 Å². The largest absolute Gasteiger partial charge is 0.454 e. The molecule has 26 heavy (non-hydrogen) atoms. The Kier molecular flexibility index (Phi) is 4.27. The van der Waals surface area contributed by atoms with Gasteiger partial charge in [0.25, 0.3) is 5.56 Å². The van der Waals surface area contributed by atoms with Crippen LogP contribution < -0.4 is 19.8 Å². The third kappa shape index (κ3) is 3.23. The summed E-state index contributed by atoms with van der Waals surface area (Å²) < 4.78 is 17.3. The van der Waals surface area contributed by atoms with Gasteiger partial charge in [-0.3, -0.25) is 14.2 Å². The molecule has 0 fully saturated rings. The summed E-state index contributed by atoms with van der Waals surface area (Å²) in [6, 6.07) is 12.2. The normalized spacial score (nSPS) is 12.3. The van der Waals surface area contributed by atoms with Gasteiger partial charge in [-0.2, -0.15) is 0 Å². The minimum absolute atomic E-state index is 0.111. The Morgan fingerprint density at radius 2 is 2.00 bits per heavy atom. The summed E-state index contributed by atoms with van der Waals surface area (Å²) in [5, 5.41) is 0.568. The van der Waals surface area contributed by atoms with Crippen LogP contribution in [0.25, 0.3) is 10.9 Å². The quantitative estimate of drug-likeness (QED) is 0.518. The Hall–Kier alpha value is -3.35. The van der Waals surface area contributed by atoms with Crippen LogP contribution in [0.1, 0.15) is 12.8 Å². The lowest BCUT2D eigenvalue weighted by atomic mass is 10.2. The fourth-order valence-electron chi connectivity index (χ4n) is 2.78. The summed E-state index contributed by atoms with van der Waals surface area (Å²) in [5.41, 5.74) is 0.552. The Morgan fingerprint density at radius 1 is 1.15 bits per heavy atom. The standard InChI is InChI=1S/C19H16N2O5/c22-18(26-13-7-8-16-17(10-13)25-12-24-16)6-3-9-21-11-20-15-5-2-1-4-14(15)19(21)23/h1-2,4-5,7-8,10-11H,3,6,9,12H2. The number of aryl methyl sites for hydroxylation is 1. The van der Waals surface area contributed by atoms with E-state index in [9.17, 15) is 9.59 Å². The lowest BCUT2D eigenvalue weighted by molar-refractivity contribution is -0.134. The molecule has 4 rings (SSSR count). The molecule has 0 radical (unpaired) electrons. The molecular formula is C19H16N2O5. The van der Waals surface area contributed by atoms with Crippen LogP contribution in [0.5, 0.6) is 17.2 Å². The second-order valence-corrected chi connectivity index (χ2v) is 5.85. The van der Waals surface area contributed by atoms with Gasteiger partial charge in [0.2, 0.25) is 6.79 Å². The van der Waals surface area contributed by atoms with E-state index in [4.69, 9.17) is 14.2 Å². The van der Waals surface area contributed by atoms with Gasteiger partial charge in [0.15, 0.2) is 11.5 Å². The molecule has 0 amide bonds. The number of carbonyl (C=O) groups excluding carboxylic acids is 1. The Morgan fingerprint density at radius 3 is 2.92 bits per heavy atom. The molecule has 2 aromatic carbocycles. The molecule has 1 aliphatic rings. The molecule has 0 spiro atoms. The molecule has 0 bridgehead atoms. The summed E-state index contributed by atoms with van der Waals surface area (Å²) in [7, 11) is 0. The minimum atomic E-state index is -0.370. The average molecular weight is 352 g/mol. The molecule has 1 aromatic heterocycles. The van der Waals surface area contributed by atoms with E-state index >= 15 is 0 Å². The van der Waals surface area contributed by atoms with E-state index in [2.05, 4.69) is 4.98 Å². The molecule has 132 valence electrons. The summed E-state index contributed by atoms with van der Waals surface area (Å²) in [6.07, 6.45) is 2.17. The van der Waals surface area contributed by atoms with E-state index in [0.717, 1.165) is 0 Å². The number of esters is 1. The third-order valence-electron chi connectivity index (χ3n) is 4.09. The van der Waals surface area contributed by atoms with Gasteiger partial charge in [0.1, 0.15) is 5.75 Å². The number of fused-ring (bicyclic) bond motifs is 2. The van der Waals surface area contributed by atoms with Crippen molar-refractivity contribution in [1.29, 1.82) is 0 Å². The summed E-state index contributed by atoms with van der Waals surface area (Å²) in [4.78, 5) is 28.6. The van der Waals surface area contributed by atoms with Crippen molar-refractivity contribution in [2.75, 3.05) is 6.79 Å². The van der Waals surface area contributed by atoms with Crippen molar-refractivity contribution in [3.63, 3.8) is 0 Å². The highest BCUT2D eigenvalue weighted by atomic mass is 16.7. The number of benzene rings is 2. The van der Waals surface area contributed by atoms with Crippen molar-refractivity contribution in [1.82, 2.24) is 9.55 Å². The highest BCUT2D eigenvalue weighted by Gasteiger charge is 2.15. The number of ether oxygens (including phenoxy) is 3. The van der Waals surface area contributed by atoms with E-state index < -0.39 is 0 Å². The first kappa shape index (κ1) is 16.1. The molecule has 1 aliphatic heterocycles. The molecule has 0 saturated heterocycles. The SMILES string of the molecule is O=C(CCCn1cnc2ccccc2c1=O)Oc1ccc2c(c1)OCO2. The zero-order valence-electron chi connectivity index (χ0n) is 13.9. The van der Waals surface area contributed by atoms with E-state index in [1.54, 1.807) is 36.4 Å². The van der Waals surface area contributed by atoms with Gasteiger partial charge in [0, 0.05) is 19.0 Å². The van der Waals surface area contributed by atoms with Gasteiger partial charge in [-0.05, 0) is 30.7 Å². The van der Waals surface area contributed by atoms with Crippen LogP contribution in [0.4, 0.5) is 0 Å². The van der Waals surface area contributed by atoms with Crippen LogP contribution in [0.2, 0.25) is 0 Å². The van der Waals surface area contributed by atoms with E-state index in [-0.39, 0.29) is 24.7 Å². The number of rotatable bonds is 5. The number of hydrogen-bond acceptors (Lipinski definition) is 6. The smallest absolute Gasteiger partial charge is 0.311 e. The first-order valence-corrected chi connectivity index (χ1v) is 8.25. The Bertz CT molecular complexity index is 1030. The lowest BCUT2D eigenvalue weighted by Crippen LogP contribution is -2.21. The van der Waals surface area contributed by atoms with Crippen LogP contribution in [0.3, 0.4) is 0 Å². The molecular weight excluding hydrogens is 336 g/mol. The summed E-state index contributed by atoms with van der Waals surface area (Å²) in [6.45, 7) is 0.564. The van der Waals surface area contributed by atoms with Crippen molar-refractivity contribution in [2.24, 2.45) is 0 Å². The highest BCUT2D eigenvalue weighted by Crippen LogP contribution is 2.35. The first-order valence-electron chi connectivity index (χ1n) is 8.25. The van der Waals surface area contributed by atoms with Crippen molar-refractivity contribution < 1.29 is 19.0 Å². The predicted octanol–water partition coefficient (Wildman–Crippen LogP) is 2.51. The lowest BCUT2D eigenvalue weighted by Gasteiger charge is -2.07. The molecule has 7 heteroatoms. The number of nitrogens with zero attached hydrogens (tertiary/aromatic N) is 2. The maximum absolute atomic E-state index is 12.4. The number of hydrogen-bond donors (Lipinski definition) is 0. The Labute approximate surface area is 148 Å². The molecule has 3 aromatic rings. The first-order chi connectivity index (χ1) is 12.7. The summed E-state index contributed by atoms with van der Waals surface area (Å²) >= 11 is 0. The second-order valence-electron chi connectivity index (χ2n) is 5.85. The fraction of sp³-hybridized carbons (Fsp3) is 0.211. The Balaban J connectivity index is 1.35. The van der Waals surface area contributed by atoms with Crippen molar-refractivity contribution in [3.8, 4) is 17.2 Å². The van der Waals surface area contributed by atoms with Gasteiger partial charge in [-0.25, -0.2) is 4.98 Å². The topological polar surface area (TPSA) is 79.7 Å². The zero-order chi connectivity index (χ0) is 17.9. The van der Waals surface area contributed by atoms with E-state index in [1.807, 2.05) is 6.07 Å². The predicted molar refractivity (Wildman–Crippen MR) is 93.4 cm³/mol. The van der Waals surface area contributed by atoms with Crippen LogP contribution in [0, 0.1) is 0 Å². The molecule has 7 nitrogen and oxygen atoms in total. The van der Waals surface area contributed by atoms with Crippen LogP contribution >= 0.6 is 0 Å². The molecule has 2 heterocycles. The zero-order valence-corrected chi connectivity index (χ0v) is 13.9. The van der Waals surface area contributed by atoms with Crippen molar-refractivity contribution in [2.45, 2.75) is 19.4 Å². The highest BCUT2D eigenvalue weighted by molar-refractivity contribution is 5.77. The average Bonchev–Trinajstić information content (AvgIpc) is 3.11. The molecule has 0 N–H and O–H groups in total. The van der Waals surface area contributed by atoms with Crippen molar-refractivity contribution in [3.05, 3.63) is 59.1 Å². The molecule has 0 saturated carbocycles. The maximum Gasteiger partial charge on any atom is 0.311 e. The summed E-state index contributed by atoms with van der Waals surface area (Å²) in [5.74, 6) is 1.23. The van der Waals surface area contributed by atoms with Gasteiger partial charge >= 0.3 is 5.97 Å². The molecule has 0 unspecified atom stereocenters.